The van der Waals surface area contributed by atoms with Crippen molar-refractivity contribution in [1.82, 2.24) is 5.32 Å². The number of terminal acetylenes is 1. The van der Waals surface area contributed by atoms with Gasteiger partial charge in [-0.1, -0.05) is 19.8 Å². The van der Waals surface area contributed by atoms with Gasteiger partial charge in [-0.15, -0.1) is 6.42 Å². The SMILES string of the molecule is C#CC(CC)NCCCOCCC. The fourth-order valence-electron chi connectivity index (χ4n) is 1.02. The van der Waals surface area contributed by atoms with E-state index in [1.54, 1.807) is 0 Å². The van der Waals surface area contributed by atoms with Crippen LogP contribution in [0.5, 0.6) is 0 Å². The Morgan fingerprint density at radius 2 is 2.15 bits per heavy atom. The molecule has 1 N–H and O–H groups in total. The Kier molecular flexibility index (Phi) is 9.18. The van der Waals surface area contributed by atoms with E-state index < -0.39 is 0 Å². The zero-order chi connectivity index (χ0) is 9.94. The highest BCUT2D eigenvalue weighted by Gasteiger charge is 1.98. The first kappa shape index (κ1) is 12.5. The van der Waals surface area contributed by atoms with E-state index in [0.29, 0.717) is 0 Å². The first-order valence-electron chi connectivity index (χ1n) is 5.12. The van der Waals surface area contributed by atoms with Gasteiger partial charge in [-0.2, -0.15) is 0 Å². The molecule has 0 saturated heterocycles. The van der Waals surface area contributed by atoms with E-state index in [1.807, 2.05) is 0 Å². The zero-order valence-corrected chi connectivity index (χ0v) is 8.81. The van der Waals surface area contributed by atoms with Crippen molar-refractivity contribution < 1.29 is 4.74 Å². The molecule has 1 unspecified atom stereocenters. The molecule has 0 aliphatic rings. The minimum absolute atomic E-state index is 0.228. The lowest BCUT2D eigenvalue weighted by Gasteiger charge is -2.09. The summed E-state index contributed by atoms with van der Waals surface area (Å²) in [6.07, 6.45) is 8.43. The molecule has 0 saturated carbocycles. The van der Waals surface area contributed by atoms with E-state index in [9.17, 15) is 0 Å². The van der Waals surface area contributed by atoms with E-state index in [4.69, 9.17) is 11.2 Å². The van der Waals surface area contributed by atoms with Gasteiger partial charge in [-0.05, 0) is 25.8 Å². The van der Waals surface area contributed by atoms with Crippen LogP contribution in [0.4, 0.5) is 0 Å². The average molecular weight is 183 g/mol. The molecule has 0 spiro atoms. The van der Waals surface area contributed by atoms with Gasteiger partial charge in [-0.25, -0.2) is 0 Å². The first-order valence-corrected chi connectivity index (χ1v) is 5.12. The quantitative estimate of drug-likeness (QED) is 0.458. The second-order valence-corrected chi connectivity index (χ2v) is 3.05. The molecule has 0 aliphatic heterocycles. The Hall–Kier alpha value is -0.520. The third kappa shape index (κ3) is 7.83. The molecule has 0 aromatic rings. The lowest BCUT2D eigenvalue weighted by Crippen LogP contribution is -2.28. The molecule has 0 aromatic carbocycles. The van der Waals surface area contributed by atoms with E-state index in [0.717, 1.165) is 39.0 Å². The van der Waals surface area contributed by atoms with E-state index in [-0.39, 0.29) is 6.04 Å². The molecule has 2 nitrogen and oxygen atoms in total. The lowest BCUT2D eigenvalue weighted by atomic mass is 10.2. The van der Waals surface area contributed by atoms with Crippen molar-refractivity contribution >= 4 is 0 Å². The number of rotatable bonds is 8. The van der Waals surface area contributed by atoms with Crippen LogP contribution in [0.3, 0.4) is 0 Å². The van der Waals surface area contributed by atoms with Gasteiger partial charge in [-0.3, -0.25) is 0 Å². The zero-order valence-electron chi connectivity index (χ0n) is 8.81. The lowest BCUT2D eigenvalue weighted by molar-refractivity contribution is 0.132. The molecule has 0 radical (unpaired) electrons. The molecule has 0 aliphatic carbocycles. The van der Waals surface area contributed by atoms with Crippen molar-refractivity contribution in [1.29, 1.82) is 0 Å². The molecule has 0 amide bonds. The summed E-state index contributed by atoms with van der Waals surface area (Å²) in [7, 11) is 0. The van der Waals surface area contributed by atoms with Gasteiger partial charge in [0.25, 0.3) is 0 Å². The van der Waals surface area contributed by atoms with Crippen LogP contribution in [0.2, 0.25) is 0 Å². The van der Waals surface area contributed by atoms with Gasteiger partial charge in [0.15, 0.2) is 0 Å². The Morgan fingerprint density at radius 1 is 1.38 bits per heavy atom. The maximum absolute atomic E-state index is 5.34. The van der Waals surface area contributed by atoms with Gasteiger partial charge in [0.1, 0.15) is 0 Å². The Bertz CT molecular complexity index is 140. The summed E-state index contributed by atoms with van der Waals surface area (Å²) in [5.41, 5.74) is 0. The maximum atomic E-state index is 5.34. The smallest absolute Gasteiger partial charge is 0.0684 e. The summed E-state index contributed by atoms with van der Waals surface area (Å²) in [6.45, 7) is 6.86. The Morgan fingerprint density at radius 3 is 2.69 bits per heavy atom. The van der Waals surface area contributed by atoms with Gasteiger partial charge in [0.2, 0.25) is 0 Å². The summed E-state index contributed by atoms with van der Waals surface area (Å²) in [5.74, 6) is 2.70. The topological polar surface area (TPSA) is 21.3 Å². The summed E-state index contributed by atoms with van der Waals surface area (Å²) in [6, 6.07) is 0.228. The number of nitrogens with one attached hydrogen (secondary N) is 1. The fraction of sp³-hybridized carbons (Fsp3) is 0.818. The number of hydrogen-bond donors (Lipinski definition) is 1. The summed E-state index contributed by atoms with van der Waals surface area (Å²) >= 11 is 0. The van der Waals surface area contributed by atoms with Crippen molar-refractivity contribution in [3.63, 3.8) is 0 Å². The number of hydrogen-bond acceptors (Lipinski definition) is 2. The molecule has 0 bridgehead atoms. The third-order valence-corrected chi connectivity index (χ3v) is 1.81. The molecule has 0 rings (SSSR count). The van der Waals surface area contributed by atoms with E-state index in [1.165, 1.54) is 0 Å². The van der Waals surface area contributed by atoms with E-state index >= 15 is 0 Å². The number of ether oxygens (including phenoxy) is 1. The summed E-state index contributed by atoms with van der Waals surface area (Å²) in [5, 5.41) is 3.28. The van der Waals surface area contributed by atoms with Crippen molar-refractivity contribution in [3.05, 3.63) is 0 Å². The molecule has 1 atom stereocenters. The van der Waals surface area contributed by atoms with Crippen molar-refractivity contribution in [2.75, 3.05) is 19.8 Å². The molecule has 13 heavy (non-hydrogen) atoms. The Labute approximate surface area is 82.1 Å². The highest BCUT2D eigenvalue weighted by molar-refractivity contribution is 4.97. The maximum Gasteiger partial charge on any atom is 0.0684 e. The van der Waals surface area contributed by atoms with Crippen LogP contribution in [0.15, 0.2) is 0 Å². The van der Waals surface area contributed by atoms with Crippen LogP contribution in [-0.4, -0.2) is 25.8 Å². The highest BCUT2D eigenvalue weighted by Crippen LogP contribution is 1.89. The second-order valence-electron chi connectivity index (χ2n) is 3.05. The molecular formula is C11H21NO. The highest BCUT2D eigenvalue weighted by atomic mass is 16.5. The van der Waals surface area contributed by atoms with E-state index in [2.05, 4.69) is 25.1 Å². The standard InChI is InChI=1S/C11H21NO/c1-4-9-13-10-7-8-12-11(5-2)6-3/h2,11-12H,4,6-10H2,1,3H3. The largest absolute Gasteiger partial charge is 0.381 e. The van der Waals surface area contributed by atoms with Gasteiger partial charge in [0.05, 0.1) is 6.04 Å². The van der Waals surface area contributed by atoms with Gasteiger partial charge < -0.3 is 10.1 Å². The van der Waals surface area contributed by atoms with Crippen LogP contribution in [0.25, 0.3) is 0 Å². The molecule has 0 fully saturated rings. The predicted molar refractivity (Wildman–Crippen MR) is 56.6 cm³/mol. The monoisotopic (exact) mass is 183 g/mol. The van der Waals surface area contributed by atoms with Crippen LogP contribution >= 0.6 is 0 Å². The fourth-order valence-corrected chi connectivity index (χ4v) is 1.02. The van der Waals surface area contributed by atoms with Crippen LogP contribution in [-0.2, 0) is 4.74 Å². The van der Waals surface area contributed by atoms with Crippen molar-refractivity contribution in [3.8, 4) is 12.3 Å². The Balaban J connectivity index is 3.11. The molecule has 76 valence electrons. The van der Waals surface area contributed by atoms with Crippen LogP contribution in [0, 0.1) is 12.3 Å². The molecule has 0 heterocycles. The summed E-state index contributed by atoms with van der Waals surface area (Å²) in [4.78, 5) is 0. The minimum Gasteiger partial charge on any atom is -0.381 e. The second kappa shape index (κ2) is 9.57. The summed E-state index contributed by atoms with van der Waals surface area (Å²) < 4.78 is 5.34. The van der Waals surface area contributed by atoms with Crippen molar-refractivity contribution in [2.45, 2.75) is 39.2 Å². The molecule has 2 heteroatoms. The first-order chi connectivity index (χ1) is 6.35. The van der Waals surface area contributed by atoms with Gasteiger partial charge in [0, 0.05) is 13.2 Å². The van der Waals surface area contributed by atoms with Crippen LogP contribution in [0.1, 0.15) is 33.1 Å². The average Bonchev–Trinajstić information content (AvgIpc) is 2.17. The minimum atomic E-state index is 0.228. The predicted octanol–water partition coefficient (Wildman–Crippen LogP) is 1.80. The van der Waals surface area contributed by atoms with Crippen molar-refractivity contribution in [2.24, 2.45) is 0 Å². The van der Waals surface area contributed by atoms with Gasteiger partial charge >= 0.3 is 0 Å². The normalized spacial score (nSPS) is 12.4. The third-order valence-electron chi connectivity index (χ3n) is 1.81. The molecular weight excluding hydrogens is 162 g/mol. The van der Waals surface area contributed by atoms with Crippen LogP contribution < -0.4 is 5.32 Å². The molecule has 0 aromatic heterocycles.